The van der Waals surface area contributed by atoms with Crippen molar-refractivity contribution in [2.75, 3.05) is 19.6 Å². The minimum atomic E-state index is -0.162. The highest BCUT2D eigenvalue weighted by molar-refractivity contribution is 9.10. The molecular weight excluding hydrogens is 550 g/mol. The van der Waals surface area contributed by atoms with E-state index in [-0.39, 0.29) is 18.4 Å². The molecule has 37 heavy (non-hydrogen) atoms. The number of carbonyl (C=O) groups excluding carboxylic acids is 2. The molecule has 0 N–H and O–H groups in total. The van der Waals surface area contributed by atoms with Gasteiger partial charge in [-0.05, 0) is 66.8 Å². The van der Waals surface area contributed by atoms with Crippen LogP contribution in [0.25, 0.3) is 0 Å². The zero-order valence-electron chi connectivity index (χ0n) is 22.0. The third kappa shape index (κ3) is 9.04. The topological polar surface area (TPSA) is 45.6 Å². The van der Waals surface area contributed by atoms with E-state index in [0.29, 0.717) is 36.1 Å². The number of rotatable bonds is 13. The van der Waals surface area contributed by atoms with E-state index in [4.69, 9.17) is 11.6 Å². The van der Waals surface area contributed by atoms with E-state index >= 15 is 0 Å². The largest absolute Gasteiger partial charge is 0.345 e. The molecule has 2 amide bonds. The van der Waals surface area contributed by atoms with Crippen molar-refractivity contribution in [3.05, 3.63) is 93.2 Å². The third-order valence-electron chi connectivity index (χ3n) is 6.34. The van der Waals surface area contributed by atoms with Gasteiger partial charge in [-0.25, -0.2) is 0 Å². The Morgan fingerprint density at radius 2 is 1.76 bits per heavy atom. The van der Waals surface area contributed by atoms with Crippen LogP contribution in [0.2, 0.25) is 5.02 Å². The van der Waals surface area contributed by atoms with Gasteiger partial charge in [0.1, 0.15) is 6.54 Å². The molecule has 7 heteroatoms. The number of nitrogens with zero attached hydrogens (tertiary/aromatic N) is 3. The molecule has 1 aromatic heterocycles. The zero-order valence-corrected chi connectivity index (χ0v) is 24.3. The van der Waals surface area contributed by atoms with Crippen molar-refractivity contribution in [2.24, 2.45) is 5.92 Å². The second-order valence-corrected chi connectivity index (χ2v) is 11.2. The number of benzene rings is 2. The molecule has 0 saturated carbocycles. The van der Waals surface area contributed by atoms with Crippen molar-refractivity contribution < 1.29 is 9.59 Å². The molecule has 0 fully saturated rings. The predicted molar refractivity (Wildman–Crippen MR) is 155 cm³/mol. The van der Waals surface area contributed by atoms with Crippen LogP contribution in [0.5, 0.6) is 0 Å². The van der Waals surface area contributed by atoms with Crippen LogP contribution in [0.15, 0.2) is 71.3 Å². The Labute approximate surface area is 234 Å². The van der Waals surface area contributed by atoms with Gasteiger partial charge >= 0.3 is 0 Å². The molecule has 198 valence electrons. The molecule has 2 aromatic carbocycles. The fraction of sp³-hybridized carbons (Fsp3) is 0.400. The molecule has 0 bridgehead atoms. The van der Waals surface area contributed by atoms with Crippen LogP contribution in [0.4, 0.5) is 0 Å². The van der Waals surface area contributed by atoms with Gasteiger partial charge in [-0.3, -0.25) is 9.59 Å². The third-order valence-corrected chi connectivity index (χ3v) is 7.10. The highest BCUT2D eigenvalue weighted by atomic mass is 79.9. The van der Waals surface area contributed by atoms with Gasteiger partial charge in [0.05, 0.1) is 6.54 Å². The maximum absolute atomic E-state index is 13.6. The van der Waals surface area contributed by atoms with Crippen molar-refractivity contribution >= 4 is 39.3 Å². The first-order valence-electron chi connectivity index (χ1n) is 13.0. The van der Waals surface area contributed by atoms with Gasteiger partial charge in [-0.2, -0.15) is 0 Å². The summed E-state index contributed by atoms with van der Waals surface area (Å²) in [6, 6.07) is 19.3. The van der Waals surface area contributed by atoms with Crippen molar-refractivity contribution in [2.45, 2.75) is 53.1 Å². The first-order valence-corrected chi connectivity index (χ1v) is 14.1. The fourth-order valence-corrected chi connectivity index (χ4v) is 4.56. The number of hydrogen-bond acceptors (Lipinski definition) is 2. The summed E-state index contributed by atoms with van der Waals surface area (Å²) in [5.41, 5.74) is 2.77. The van der Waals surface area contributed by atoms with E-state index < -0.39 is 0 Å². The zero-order chi connectivity index (χ0) is 26.8. The summed E-state index contributed by atoms with van der Waals surface area (Å²) in [5.74, 6) is 0.220. The van der Waals surface area contributed by atoms with Gasteiger partial charge in [0.15, 0.2) is 0 Å². The molecule has 0 aliphatic heterocycles. The van der Waals surface area contributed by atoms with Crippen LogP contribution in [0.3, 0.4) is 0 Å². The van der Waals surface area contributed by atoms with Gasteiger partial charge < -0.3 is 14.4 Å². The molecule has 3 rings (SSSR count). The Bertz CT molecular complexity index is 1160. The van der Waals surface area contributed by atoms with Crippen molar-refractivity contribution in [1.29, 1.82) is 0 Å². The predicted octanol–water partition coefficient (Wildman–Crippen LogP) is 7.27. The number of amides is 2. The van der Waals surface area contributed by atoms with E-state index in [1.807, 2.05) is 23.1 Å². The SMILES string of the molecule is CCCCN(Cc1cccn1Cc1ccc(Br)cc1)C(=O)CN(CCC(C)C)C(=O)c1cccc(Cl)c1. The number of unbranched alkanes of at least 4 members (excludes halogenated alkanes) is 1. The summed E-state index contributed by atoms with van der Waals surface area (Å²) in [6.07, 6.45) is 4.78. The number of aromatic nitrogens is 1. The second-order valence-electron chi connectivity index (χ2n) is 9.84. The van der Waals surface area contributed by atoms with Crippen LogP contribution in [-0.4, -0.2) is 45.8 Å². The average Bonchev–Trinajstić information content (AvgIpc) is 3.31. The molecule has 0 aliphatic carbocycles. The number of halogens is 2. The molecule has 0 unspecified atom stereocenters. The minimum Gasteiger partial charge on any atom is -0.345 e. The molecule has 5 nitrogen and oxygen atoms in total. The molecule has 0 spiro atoms. The molecule has 0 atom stereocenters. The van der Waals surface area contributed by atoms with Gasteiger partial charge in [-0.15, -0.1) is 0 Å². The Morgan fingerprint density at radius 1 is 1.00 bits per heavy atom. The summed E-state index contributed by atoms with van der Waals surface area (Å²) in [5, 5.41) is 0.511. The summed E-state index contributed by atoms with van der Waals surface area (Å²) in [4.78, 5) is 30.6. The highest BCUT2D eigenvalue weighted by Gasteiger charge is 2.23. The van der Waals surface area contributed by atoms with Crippen molar-refractivity contribution in [3.8, 4) is 0 Å². The lowest BCUT2D eigenvalue weighted by Crippen LogP contribution is -2.44. The van der Waals surface area contributed by atoms with E-state index in [1.54, 1.807) is 29.2 Å². The lowest BCUT2D eigenvalue weighted by molar-refractivity contribution is -0.132. The summed E-state index contributed by atoms with van der Waals surface area (Å²) in [6.45, 7) is 8.84. The molecule has 0 radical (unpaired) electrons. The van der Waals surface area contributed by atoms with Gasteiger partial charge in [0.25, 0.3) is 5.91 Å². The average molecular weight is 587 g/mol. The number of carbonyl (C=O) groups is 2. The first kappa shape index (κ1) is 29.0. The van der Waals surface area contributed by atoms with Gasteiger partial charge in [-0.1, -0.05) is 72.9 Å². The van der Waals surface area contributed by atoms with Crippen LogP contribution >= 0.6 is 27.5 Å². The quantitative estimate of drug-likeness (QED) is 0.211. The fourth-order valence-electron chi connectivity index (χ4n) is 4.10. The monoisotopic (exact) mass is 585 g/mol. The second kappa shape index (κ2) is 14.4. The molecule has 1 heterocycles. The Kier molecular flexibility index (Phi) is 11.3. The molecular formula is C30H37BrClN3O2. The van der Waals surface area contributed by atoms with Crippen molar-refractivity contribution in [3.63, 3.8) is 0 Å². The van der Waals surface area contributed by atoms with Crippen LogP contribution in [-0.2, 0) is 17.9 Å². The standard InChI is InChI=1S/C30H37BrClN3O2/c1-4-5-16-34(21-28-10-7-17-33(28)20-24-11-13-26(31)14-12-24)29(36)22-35(18-15-23(2)3)30(37)25-8-6-9-27(32)19-25/h6-14,17,19,23H,4-5,15-16,18,20-22H2,1-3H3. The van der Waals surface area contributed by atoms with E-state index in [1.165, 1.54) is 5.56 Å². The van der Waals surface area contributed by atoms with Crippen molar-refractivity contribution in [1.82, 2.24) is 14.4 Å². The summed E-state index contributed by atoms with van der Waals surface area (Å²) >= 11 is 9.64. The van der Waals surface area contributed by atoms with E-state index in [2.05, 4.69) is 65.7 Å². The lowest BCUT2D eigenvalue weighted by Gasteiger charge is -2.29. The smallest absolute Gasteiger partial charge is 0.254 e. The van der Waals surface area contributed by atoms with Crippen LogP contribution in [0, 0.1) is 5.92 Å². The Balaban J connectivity index is 1.77. The van der Waals surface area contributed by atoms with E-state index in [0.717, 1.165) is 36.0 Å². The highest BCUT2D eigenvalue weighted by Crippen LogP contribution is 2.17. The van der Waals surface area contributed by atoms with Crippen LogP contribution in [0.1, 0.15) is 61.6 Å². The maximum Gasteiger partial charge on any atom is 0.254 e. The Morgan fingerprint density at radius 3 is 2.43 bits per heavy atom. The normalized spacial score (nSPS) is 11.1. The summed E-state index contributed by atoms with van der Waals surface area (Å²) in [7, 11) is 0. The minimum absolute atomic E-state index is 0.0380. The number of hydrogen-bond donors (Lipinski definition) is 0. The summed E-state index contributed by atoms with van der Waals surface area (Å²) < 4.78 is 3.23. The lowest BCUT2D eigenvalue weighted by atomic mass is 10.1. The van der Waals surface area contributed by atoms with Crippen LogP contribution < -0.4 is 0 Å². The molecule has 0 aliphatic rings. The van der Waals surface area contributed by atoms with Gasteiger partial charge in [0.2, 0.25) is 5.91 Å². The first-order chi connectivity index (χ1) is 17.8. The van der Waals surface area contributed by atoms with E-state index in [9.17, 15) is 9.59 Å². The molecule has 0 saturated heterocycles. The maximum atomic E-state index is 13.6. The van der Waals surface area contributed by atoms with Gasteiger partial charge in [0, 0.05) is 46.6 Å². The molecule has 3 aromatic rings. The Hall–Kier alpha value is -2.57.